The van der Waals surface area contributed by atoms with Crippen LogP contribution < -0.4 is 4.90 Å². The number of aliphatic hydroxyl groups excluding tert-OH is 1. The molecule has 0 aromatic heterocycles. The van der Waals surface area contributed by atoms with Gasteiger partial charge in [0.05, 0.1) is 5.69 Å². The van der Waals surface area contributed by atoms with Gasteiger partial charge in [-0.2, -0.15) is 0 Å². The summed E-state index contributed by atoms with van der Waals surface area (Å²) in [6, 6.07) is 15.4. The lowest BCUT2D eigenvalue weighted by atomic mass is 10.1. The summed E-state index contributed by atoms with van der Waals surface area (Å²) in [4.78, 5) is 25.7. The van der Waals surface area contributed by atoms with Crippen LogP contribution in [0.4, 0.5) is 5.69 Å². The zero-order valence-corrected chi connectivity index (χ0v) is 14.1. The molecule has 6 heteroatoms. The molecule has 0 aliphatic carbocycles. The van der Waals surface area contributed by atoms with Crippen molar-refractivity contribution in [2.75, 3.05) is 4.90 Å². The Bertz CT molecular complexity index is 844. The molecule has 1 aliphatic rings. The minimum Gasteiger partial charge on any atom is -0.506 e. The van der Waals surface area contributed by atoms with E-state index in [4.69, 9.17) is 12.2 Å². The van der Waals surface area contributed by atoms with Crippen molar-refractivity contribution in [1.82, 2.24) is 0 Å². The Hall–Kier alpha value is -2.31. The molecule has 4 nitrogen and oxygen atoms in total. The number of hydrogen-bond donors (Lipinski definition) is 1. The number of rotatable bonds is 2. The van der Waals surface area contributed by atoms with Gasteiger partial charge in [-0.15, -0.1) is 0 Å². The number of amides is 1. The Balaban J connectivity index is 2.09. The van der Waals surface area contributed by atoms with Crippen molar-refractivity contribution in [2.24, 2.45) is 0 Å². The van der Waals surface area contributed by atoms with Gasteiger partial charge in [0.15, 0.2) is 0 Å². The molecule has 23 heavy (non-hydrogen) atoms. The number of nitrogens with zero attached hydrogens (tertiary/aromatic N) is 1. The molecule has 0 atom stereocenters. The van der Waals surface area contributed by atoms with E-state index in [0.29, 0.717) is 11.3 Å². The summed E-state index contributed by atoms with van der Waals surface area (Å²) in [5, 5.41) is 10.4. The molecule has 1 fully saturated rings. The number of benzene rings is 2. The molecule has 1 aliphatic heterocycles. The van der Waals surface area contributed by atoms with Crippen LogP contribution in [0.2, 0.25) is 0 Å². The van der Waals surface area contributed by atoms with Crippen LogP contribution >= 0.6 is 28.1 Å². The smallest absolute Gasteiger partial charge is 0.304 e. The Morgan fingerprint density at radius 3 is 2.22 bits per heavy atom. The van der Waals surface area contributed by atoms with Crippen molar-refractivity contribution in [3.05, 3.63) is 70.2 Å². The molecule has 3 rings (SSSR count). The lowest BCUT2D eigenvalue weighted by Crippen LogP contribution is -2.29. The molecule has 0 bridgehead atoms. The van der Waals surface area contributed by atoms with E-state index in [-0.39, 0.29) is 16.3 Å². The average molecular weight is 388 g/mol. The lowest BCUT2D eigenvalue weighted by Gasteiger charge is -2.15. The number of halogens is 1. The topological polar surface area (TPSA) is 57.6 Å². The summed E-state index contributed by atoms with van der Waals surface area (Å²) in [5.74, 6) is -1.86. The summed E-state index contributed by atoms with van der Waals surface area (Å²) in [6.45, 7) is 0. The lowest BCUT2D eigenvalue weighted by molar-refractivity contribution is -0.132. The van der Waals surface area contributed by atoms with Crippen molar-refractivity contribution >= 4 is 56.3 Å². The maximum Gasteiger partial charge on any atom is 0.304 e. The van der Waals surface area contributed by atoms with Gasteiger partial charge in [0, 0.05) is 10.0 Å². The van der Waals surface area contributed by atoms with Gasteiger partial charge in [-0.25, -0.2) is 0 Å². The molecule has 0 saturated carbocycles. The Kier molecular flexibility index (Phi) is 4.11. The third-order valence-corrected chi connectivity index (χ3v) is 4.33. The van der Waals surface area contributed by atoms with Crippen molar-refractivity contribution in [3.8, 4) is 0 Å². The van der Waals surface area contributed by atoms with Crippen molar-refractivity contribution in [3.63, 3.8) is 0 Å². The van der Waals surface area contributed by atoms with Gasteiger partial charge in [0.25, 0.3) is 5.78 Å². The standard InChI is InChI=1S/C17H10BrNO3S/c18-11-6-8-12(9-7-11)19-16(22)15(21)13(17(19)23)14(20)10-4-2-1-3-5-10/h1-9,20H/b14-13-. The predicted molar refractivity (Wildman–Crippen MR) is 95.2 cm³/mol. The van der Waals surface area contributed by atoms with E-state index in [1.165, 1.54) is 0 Å². The second kappa shape index (κ2) is 6.06. The van der Waals surface area contributed by atoms with Gasteiger partial charge < -0.3 is 5.11 Å². The largest absolute Gasteiger partial charge is 0.506 e. The number of carbonyl (C=O) groups is 2. The predicted octanol–water partition coefficient (Wildman–Crippen LogP) is 3.66. The summed E-state index contributed by atoms with van der Waals surface area (Å²) < 4.78 is 0.841. The van der Waals surface area contributed by atoms with E-state index in [2.05, 4.69) is 15.9 Å². The molecule has 2 aromatic rings. The first-order chi connectivity index (χ1) is 11.0. The normalized spacial score (nSPS) is 16.9. The van der Waals surface area contributed by atoms with Gasteiger partial charge in [-0.1, -0.05) is 58.5 Å². The van der Waals surface area contributed by atoms with Crippen LogP contribution in [0.15, 0.2) is 64.6 Å². The number of hydrogen-bond acceptors (Lipinski definition) is 4. The number of aliphatic hydroxyl groups is 1. The Morgan fingerprint density at radius 2 is 1.61 bits per heavy atom. The third-order valence-electron chi connectivity index (χ3n) is 3.41. The van der Waals surface area contributed by atoms with Crippen molar-refractivity contribution in [2.45, 2.75) is 0 Å². The van der Waals surface area contributed by atoms with Gasteiger partial charge in [-0.3, -0.25) is 14.5 Å². The Morgan fingerprint density at radius 1 is 1.00 bits per heavy atom. The highest BCUT2D eigenvalue weighted by Gasteiger charge is 2.42. The van der Waals surface area contributed by atoms with Gasteiger partial charge >= 0.3 is 5.91 Å². The minimum atomic E-state index is -0.806. The molecule has 114 valence electrons. The second-order valence-electron chi connectivity index (χ2n) is 4.84. The quantitative estimate of drug-likeness (QED) is 0.369. The minimum absolute atomic E-state index is 0.00340. The van der Waals surface area contributed by atoms with E-state index >= 15 is 0 Å². The molecular weight excluding hydrogens is 378 g/mol. The maximum atomic E-state index is 12.3. The SMILES string of the molecule is O=C1C(=O)N(c2ccc(Br)cc2)C(=S)/C1=C(\O)c1ccccc1. The molecule has 2 aromatic carbocycles. The third kappa shape index (κ3) is 2.71. The van der Waals surface area contributed by atoms with Crippen LogP contribution in [0.3, 0.4) is 0 Å². The maximum absolute atomic E-state index is 12.3. The number of ketones is 1. The highest BCUT2D eigenvalue weighted by atomic mass is 79.9. The molecule has 0 spiro atoms. The summed E-state index contributed by atoms with van der Waals surface area (Å²) in [5.41, 5.74) is 0.773. The van der Waals surface area contributed by atoms with E-state index in [1.807, 2.05) is 0 Å². The molecule has 1 saturated heterocycles. The average Bonchev–Trinajstić information content (AvgIpc) is 2.78. The van der Waals surface area contributed by atoms with E-state index < -0.39 is 11.7 Å². The van der Waals surface area contributed by atoms with Gasteiger partial charge in [0.1, 0.15) is 16.3 Å². The fraction of sp³-hybridized carbons (Fsp3) is 0. The first kappa shape index (κ1) is 15.6. The van der Waals surface area contributed by atoms with Crippen molar-refractivity contribution < 1.29 is 14.7 Å². The van der Waals surface area contributed by atoms with E-state index in [1.54, 1.807) is 54.6 Å². The van der Waals surface area contributed by atoms with Gasteiger partial charge in [-0.05, 0) is 24.3 Å². The number of Topliss-reactive ketones (excluding diaryl/α,β-unsaturated/α-hetero) is 1. The highest BCUT2D eigenvalue weighted by Crippen LogP contribution is 2.30. The van der Waals surface area contributed by atoms with Crippen LogP contribution in [0.25, 0.3) is 5.76 Å². The fourth-order valence-electron chi connectivity index (χ4n) is 2.28. The molecule has 0 radical (unpaired) electrons. The highest BCUT2D eigenvalue weighted by molar-refractivity contribution is 9.10. The molecule has 1 N–H and O–H groups in total. The monoisotopic (exact) mass is 387 g/mol. The number of anilines is 1. The summed E-state index contributed by atoms with van der Waals surface area (Å²) in [7, 11) is 0. The molecule has 1 amide bonds. The molecule has 1 heterocycles. The van der Waals surface area contributed by atoms with Crippen molar-refractivity contribution in [1.29, 1.82) is 0 Å². The zero-order valence-electron chi connectivity index (χ0n) is 11.7. The van der Waals surface area contributed by atoms with Gasteiger partial charge in [0.2, 0.25) is 0 Å². The second-order valence-corrected chi connectivity index (χ2v) is 6.14. The summed E-state index contributed by atoms with van der Waals surface area (Å²) in [6.07, 6.45) is 0. The van der Waals surface area contributed by atoms with Crippen LogP contribution in [0, 0.1) is 0 Å². The van der Waals surface area contributed by atoms with Crippen LogP contribution in [0.5, 0.6) is 0 Å². The van der Waals surface area contributed by atoms with E-state index in [9.17, 15) is 14.7 Å². The number of carbonyl (C=O) groups excluding carboxylic acids is 2. The number of thiocarbonyl (C=S) groups is 1. The first-order valence-corrected chi connectivity index (χ1v) is 7.88. The fourth-order valence-corrected chi connectivity index (χ4v) is 2.93. The van der Waals surface area contributed by atoms with Crippen LogP contribution in [-0.2, 0) is 9.59 Å². The van der Waals surface area contributed by atoms with E-state index in [0.717, 1.165) is 9.37 Å². The van der Waals surface area contributed by atoms with Crippen LogP contribution in [-0.4, -0.2) is 21.8 Å². The first-order valence-electron chi connectivity index (χ1n) is 6.68. The zero-order chi connectivity index (χ0) is 16.6. The van der Waals surface area contributed by atoms with Crippen LogP contribution in [0.1, 0.15) is 5.56 Å². The summed E-state index contributed by atoms with van der Waals surface area (Å²) >= 11 is 8.57. The Labute approximate surface area is 146 Å². The molecule has 0 unspecified atom stereocenters. The molecular formula is C17H10BrNO3S.